The Balaban J connectivity index is 1.51. The average Bonchev–Trinajstić information content (AvgIpc) is 3.11. The van der Waals surface area contributed by atoms with Gasteiger partial charge in [0.1, 0.15) is 17.9 Å². The van der Waals surface area contributed by atoms with Crippen molar-refractivity contribution < 1.29 is 13.9 Å². The summed E-state index contributed by atoms with van der Waals surface area (Å²) in [5.41, 5.74) is 2.65. The number of para-hydroxylation sites is 1. The van der Waals surface area contributed by atoms with Crippen molar-refractivity contribution in [1.82, 2.24) is 4.90 Å². The summed E-state index contributed by atoms with van der Waals surface area (Å²) >= 11 is 0. The molecular formula is C27H23NO4. The summed E-state index contributed by atoms with van der Waals surface area (Å²) in [6.45, 7) is 3.03. The highest BCUT2D eigenvalue weighted by atomic mass is 16.5. The molecule has 32 heavy (non-hydrogen) atoms. The van der Waals surface area contributed by atoms with Gasteiger partial charge >= 0.3 is 0 Å². The zero-order chi connectivity index (χ0) is 22.1. The summed E-state index contributed by atoms with van der Waals surface area (Å²) in [6, 6.07) is 24.2. The first kappa shape index (κ1) is 20.1. The summed E-state index contributed by atoms with van der Waals surface area (Å²) in [5.74, 6) is 0.644. The van der Waals surface area contributed by atoms with Crippen LogP contribution in [0, 0.1) is 0 Å². The number of rotatable bonds is 6. The van der Waals surface area contributed by atoms with Gasteiger partial charge in [0, 0.05) is 6.54 Å². The summed E-state index contributed by atoms with van der Waals surface area (Å²) < 4.78 is 11.8. The third-order valence-electron chi connectivity index (χ3n) is 5.78. The number of carbonyl (C=O) groups is 1. The number of hydrogen-bond acceptors (Lipinski definition) is 4. The molecule has 0 unspecified atom stereocenters. The van der Waals surface area contributed by atoms with E-state index in [-0.39, 0.29) is 17.1 Å². The molecule has 0 N–H and O–H groups in total. The van der Waals surface area contributed by atoms with E-state index in [4.69, 9.17) is 9.15 Å². The van der Waals surface area contributed by atoms with Crippen LogP contribution in [-0.2, 0) is 6.61 Å². The molecule has 0 fully saturated rings. The molecule has 5 rings (SSSR count). The molecule has 3 aromatic carbocycles. The summed E-state index contributed by atoms with van der Waals surface area (Å²) in [4.78, 5) is 28.3. The Morgan fingerprint density at radius 1 is 0.906 bits per heavy atom. The fourth-order valence-electron chi connectivity index (χ4n) is 4.27. The lowest BCUT2D eigenvalue weighted by Crippen LogP contribution is -2.30. The van der Waals surface area contributed by atoms with Crippen molar-refractivity contribution in [3.8, 4) is 5.75 Å². The zero-order valence-corrected chi connectivity index (χ0v) is 17.8. The van der Waals surface area contributed by atoms with Crippen molar-refractivity contribution in [2.24, 2.45) is 0 Å². The average molecular weight is 425 g/mol. The molecule has 1 aromatic heterocycles. The fourth-order valence-corrected chi connectivity index (χ4v) is 4.27. The minimum absolute atomic E-state index is 0.150. The van der Waals surface area contributed by atoms with E-state index in [1.807, 2.05) is 61.5 Å². The van der Waals surface area contributed by atoms with Crippen molar-refractivity contribution in [3.05, 3.63) is 112 Å². The number of hydrogen-bond donors (Lipinski definition) is 0. The lowest BCUT2D eigenvalue weighted by molar-refractivity contribution is 0.0728. The van der Waals surface area contributed by atoms with Gasteiger partial charge in [0.05, 0.1) is 17.0 Å². The highest BCUT2D eigenvalue weighted by Gasteiger charge is 2.42. The molecule has 2 heterocycles. The van der Waals surface area contributed by atoms with E-state index in [9.17, 15) is 9.59 Å². The molecule has 1 aliphatic heterocycles. The second-order valence-corrected chi connectivity index (χ2v) is 7.91. The van der Waals surface area contributed by atoms with Gasteiger partial charge in [0.15, 0.2) is 5.43 Å². The van der Waals surface area contributed by atoms with Crippen LogP contribution in [0.2, 0.25) is 0 Å². The summed E-state index contributed by atoms with van der Waals surface area (Å²) in [6.07, 6.45) is 0.780. The van der Waals surface area contributed by atoms with Gasteiger partial charge < -0.3 is 14.1 Å². The Kier molecular flexibility index (Phi) is 5.23. The van der Waals surface area contributed by atoms with Crippen molar-refractivity contribution in [2.45, 2.75) is 26.0 Å². The van der Waals surface area contributed by atoms with Crippen LogP contribution < -0.4 is 10.2 Å². The summed E-state index contributed by atoms with van der Waals surface area (Å²) in [5, 5.41) is 0.491. The Hall–Kier alpha value is -3.86. The maximum atomic E-state index is 13.4. The van der Waals surface area contributed by atoms with Crippen LogP contribution in [0.4, 0.5) is 0 Å². The second-order valence-electron chi connectivity index (χ2n) is 7.91. The first-order chi connectivity index (χ1) is 15.7. The normalized spacial score (nSPS) is 15.2. The Bertz CT molecular complexity index is 1330. The van der Waals surface area contributed by atoms with Crippen molar-refractivity contribution in [3.63, 3.8) is 0 Å². The van der Waals surface area contributed by atoms with E-state index in [1.54, 1.807) is 29.2 Å². The van der Waals surface area contributed by atoms with Gasteiger partial charge in [-0.1, -0.05) is 61.5 Å². The third-order valence-corrected chi connectivity index (χ3v) is 5.78. The molecule has 1 amide bonds. The molecule has 0 radical (unpaired) electrons. The van der Waals surface area contributed by atoms with Gasteiger partial charge in [-0.25, -0.2) is 0 Å². The van der Waals surface area contributed by atoms with Crippen LogP contribution in [0.5, 0.6) is 5.75 Å². The highest BCUT2D eigenvalue weighted by Crippen LogP contribution is 2.38. The predicted molar refractivity (Wildman–Crippen MR) is 123 cm³/mol. The fraction of sp³-hybridized carbons (Fsp3) is 0.185. The number of ether oxygens (including phenoxy) is 1. The lowest BCUT2D eigenvalue weighted by Gasteiger charge is -2.24. The smallest absolute Gasteiger partial charge is 0.290 e. The maximum Gasteiger partial charge on any atom is 0.290 e. The van der Waals surface area contributed by atoms with Crippen LogP contribution in [0.15, 0.2) is 88.1 Å². The first-order valence-electron chi connectivity index (χ1n) is 10.8. The quantitative estimate of drug-likeness (QED) is 0.419. The molecule has 4 aromatic rings. The molecule has 0 saturated carbocycles. The van der Waals surface area contributed by atoms with Gasteiger partial charge in [-0.05, 0) is 41.8 Å². The van der Waals surface area contributed by atoms with Gasteiger partial charge in [0.25, 0.3) is 5.91 Å². The van der Waals surface area contributed by atoms with Crippen molar-refractivity contribution in [2.75, 3.05) is 6.54 Å². The van der Waals surface area contributed by atoms with E-state index in [0.29, 0.717) is 29.7 Å². The van der Waals surface area contributed by atoms with Gasteiger partial charge in [-0.2, -0.15) is 0 Å². The van der Waals surface area contributed by atoms with Crippen LogP contribution in [0.1, 0.15) is 46.6 Å². The molecule has 1 atom stereocenters. The molecule has 0 aliphatic carbocycles. The SMILES string of the molecule is CCCN1C(=O)c2oc3ccccc3c(=O)c2[C@@H]1c1ccc(OCc2ccccc2)cc1. The molecule has 160 valence electrons. The minimum atomic E-state index is -0.471. The number of nitrogens with zero attached hydrogens (tertiary/aromatic N) is 1. The van der Waals surface area contributed by atoms with Gasteiger partial charge in [-0.3, -0.25) is 9.59 Å². The Morgan fingerprint density at radius 3 is 2.38 bits per heavy atom. The maximum absolute atomic E-state index is 13.4. The summed E-state index contributed by atoms with van der Waals surface area (Å²) in [7, 11) is 0. The van der Waals surface area contributed by atoms with E-state index >= 15 is 0 Å². The van der Waals surface area contributed by atoms with Crippen LogP contribution in [-0.4, -0.2) is 17.4 Å². The van der Waals surface area contributed by atoms with E-state index in [1.165, 1.54) is 0 Å². The third kappa shape index (κ3) is 3.46. The Morgan fingerprint density at radius 2 is 1.62 bits per heavy atom. The number of fused-ring (bicyclic) bond motifs is 2. The van der Waals surface area contributed by atoms with Gasteiger partial charge in [-0.15, -0.1) is 0 Å². The molecule has 0 saturated heterocycles. The van der Waals surface area contributed by atoms with Crippen molar-refractivity contribution >= 4 is 16.9 Å². The standard InChI is InChI=1S/C27H23NO4/c1-2-16-28-24(19-12-14-20(15-13-19)31-17-18-8-4-3-5-9-18)23-25(29)21-10-6-7-11-22(21)32-26(23)27(28)30/h3-15,24H,2,16-17H2,1H3/t24-/m0/s1. The van der Waals surface area contributed by atoms with Crippen LogP contribution >= 0.6 is 0 Å². The van der Waals surface area contributed by atoms with E-state index < -0.39 is 6.04 Å². The largest absolute Gasteiger partial charge is 0.489 e. The monoisotopic (exact) mass is 425 g/mol. The molecule has 0 spiro atoms. The van der Waals surface area contributed by atoms with Gasteiger partial charge in [0.2, 0.25) is 5.76 Å². The van der Waals surface area contributed by atoms with E-state index in [0.717, 1.165) is 23.3 Å². The number of carbonyl (C=O) groups excluding carboxylic acids is 1. The topological polar surface area (TPSA) is 59.8 Å². The molecular weight excluding hydrogens is 402 g/mol. The highest BCUT2D eigenvalue weighted by molar-refractivity contribution is 5.99. The zero-order valence-electron chi connectivity index (χ0n) is 17.8. The van der Waals surface area contributed by atoms with Crippen LogP contribution in [0.3, 0.4) is 0 Å². The van der Waals surface area contributed by atoms with Crippen LogP contribution in [0.25, 0.3) is 11.0 Å². The molecule has 0 bridgehead atoms. The first-order valence-corrected chi connectivity index (χ1v) is 10.8. The minimum Gasteiger partial charge on any atom is -0.489 e. The van der Waals surface area contributed by atoms with Crippen molar-refractivity contribution in [1.29, 1.82) is 0 Å². The Labute approximate surface area is 185 Å². The second kappa shape index (κ2) is 8.35. The van der Waals surface area contributed by atoms with E-state index in [2.05, 4.69) is 0 Å². The predicted octanol–water partition coefficient (Wildman–Crippen LogP) is 5.33. The lowest BCUT2D eigenvalue weighted by atomic mass is 9.98. The number of benzene rings is 3. The molecule has 5 nitrogen and oxygen atoms in total. The molecule has 1 aliphatic rings. The number of amides is 1. The molecule has 5 heteroatoms.